The largest absolute Gasteiger partial charge is 0.497 e. The van der Waals surface area contributed by atoms with E-state index in [4.69, 9.17) is 9.47 Å². The molecule has 186 valence electrons. The third-order valence-corrected chi connectivity index (χ3v) is 6.23. The van der Waals surface area contributed by atoms with Gasteiger partial charge in [-0.15, -0.1) is 0 Å². The van der Waals surface area contributed by atoms with E-state index >= 15 is 0 Å². The highest BCUT2D eigenvalue weighted by molar-refractivity contribution is 5.98. The summed E-state index contributed by atoms with van der Waals surface area (Å²) >= 11 is 0. The summed E-state index contributed by atoms with van der Waals surface area (Å²) in [6.45, 7) is 3.13. The minimum Gasteiger partial charge on any atom is -0.497 e. The van der Waals surface area contributed by atoms with Crippen LogP contribution in [0.25, 0.3) is 0 Å². The summed E-state index contributed by atoms with van der Waals surface area (Å²) in [5, 5.41) is 2.95. The van der Waals surface area contributed by atoms with Crippen molar-refractivity contribution in [3.05, 3.63) is 76.0 Å². The predicted octanol–water partition coefficient (Wildman–Crippen LogP) is 2.08. The lowest BCUT2D eigenvalue weighted by atomic mass is 10.1. The maximum atomic E-state index is 14.5. The Morgan fingerprint density at radius 3 is 2.74 bits per heavy atom. The van der Waals surface area contributed by atoms with Crippen molar-refractivity contribution in [2.45, 2.75) is 32.5 Å². The Hall–Kier alpha value is -3.66. The van der Waals surface area contributed by atoms with E-state index in [1.165, 1.54) is 26.4 Å². The van der Waals surface area contributed by atoms with E-state index in [1.807, 2.05) is 10.8 Å². The van der Waals surface area contributed by atoms with Gasteiger partial charge in [0, 0.05) is 81.5 Å². The summed E-state index contributed by atoms with van der Waals surface area (Å²) in [7, 11) is 2.96. The van der Waals surface area contributed by atoms with Crippen molar-refractivity contribution in [2.24, 2.45) is 0 Å². The Morgan fingerprint density at radius 1 is 1.17 bits per heavy atom. The van der Waals surface area contributed by atoms with E-state index in [1.54, 1.807) is 29.2 Å². The van der Waals surface area contributed by atoms with Gasteiger partial charge in [0.2, 0.25) is 0 Å². The van der Waals surface area contributed by atoms with Gasteiger partial charge >= 0.3 is 0 Å². The van der Waals surface area contributed by atoms with Gasteiger partial charge in [0.15, 0.2) is 0 Å². The molecule has 0 saturated carbocycles. The van der Waals surface area contributed by atoms with Crippen molar-refractivity contribution in [1.29, 1.82) is 0 Å². The Labute approximate surface area is 203 Å². The number of carbonyl (C=O) groups excluding carboxylic acids is 1. The molecular formula is C25H30FN5O4. The van der Waals surface area contributed by atoms with Crippen LogP contribution in [0.15, 0.2) is 47.8 Å². The molecule has 0 radical (unpaired) electrons. The highest BCUT2D eigenvalue weighted by Gasteiger charge is 2.25. The van der Waals surface area contributed by atoms with Crippen molar-refractivity contribution < 1.29 is 18.7 Å². The first-order valence-electron chi connectivity index (χ1n) is 11.6. The van der Waals surface area contributed by atoms with Crippen molar-refractivity contribution >= 4 is 5.91 Å². The first-order valence-corrected chi connectivity index (χ1v) is 11.6. The molecule has 0 bridgehead atoms. The minimum atomic E-state index is -0.333. The molecule has 10 heteroatoms. The number of pyridine rings is 1. The smallest absolute Gasteiger partial charge is 0.256 e. The van der Waals surface area contributed by atoms with Crippen LogP contribution in [0.5, 0.6) is 11.5 Å². The summed E-state index contributed by atoms with van der Waals surface area (Å²) < 4.78 is 28.6. The lowest BCUT2D eigenvalue weighted by Crippen LogP contribution is -2.32. The van der Waals surface area contributed by atoms with Gasteiger partial charge in [-0.3, -0.25) is 14.5 Å². The van der Waals surface area contributed by atoms with Crippen molar-refractivity contribution in [3.63, 3.8) is 0 Å². The topological polar surface area (TPSA) is 90.6 Å². The van der Waals surface area contributed by atoms with E-state index < -0.39 is 0 Å². The van der Waals surface area contributed by atoms with Crippen LogP contribution in [0.3, 0.4) is 0 Å². The second-order valence-corrected chi connectivity index (χ2v) is 8.42. The molecule has 0 aliphatic carbocycles. The molecule has 2 aromatic heterocycles. The van der Waals surface area contributed by atoms with Gasteiger partial charge in [-0.2, -0.15) is 0 Å². The summed E-state index contributed by atoms with van der Waals surface area (Å²) in [6.07, 6.45) is 6.52. The van der Waals surface area contributed by atoms with Crippen LogP contribution in [0.4, 0.5) is 4.39 Å². The SMILES string of the molecule is COc1ccc(CN2CCc3c(C(=O)NCCCn4ccnc4)c(OC)cc(=O)n3CC2)c(F)c1. The van der Waals surface area contributed by atoms with Gasteiger partial charge in [-0.25, -0.2) is 9.37 Å². The molecule has 1 aliphatic heterocycles. The second kappa shape index (κ2) is 11.2. The maximum absolute atomic E-state index is 14.5. The fourth-order valence-electron chi connectivity index (χ4n) is 4.35. The number of nitrogens with zero attached hydrogens (tertiary/aromatic N) is 4. The molecule has 4 rings (SSSR count). The lowest BCUT2D eigenvalue weighted by Gasteiger charge is -2.20. The molecule has 3 aromatic rings. The number of methoxy groups -OCH3 is 2. The zero-order chi connectivity index (χ0) is 24.8. The third kappa shape index (κ3) is 5.71. The molecule has 35 heavy (non-hydrogen) atoms. The van der Waals surface area contributed by atoms with E-state index in [0.29, 0.717) is 61.7 Å². The summed E-state index contributed by atoms with van der Waals surface area (Å²) in [5.74, 6) is 0.128. The number of imidazole rings is 1. The second-order valence-electron chi connectivity index (χ2n) is 8.42. The van der Waals surface area contributed by atoms with Gasteiger partial charge in [0.1, 0.15) is 22.9 Å². The van der Waals surface area contributed by atoms with E-state index in [2.05, 4.69) is 15.2 Å². The van der Waals surface area contributed by atoms with Crippen LogP contribution >= 0.6 is 0 Å². The molecule has 1 amide bonds. The highest BCUT2D eigenvalue weighted by atomic mass is 19.1. The van der Waals surface area contributed by atoms with E-state index in [0.717, 1.165) is 13.0 Å². The number of carbonyl (C=O) groups is 1. The first kappa shape index (κ1) is 24.5. The summed E-state index contributed by atoms with van der Waals surface area (Å²) in [4.78, 5) is 32.1. The first-order chi connectivity index (χ1) is 17.0. The number of ether oxygens (including phenoxy) is 2. The van der Waals surface area contributed by atoms with Crippen LogP contribution in [0.2, 0.25) is 0 Å². The van der Waals surface area contributed by atoms with Gasteiger partial charge < -0.3 is 23.9 Å². The van der Waals surface area contributed by atoms with Crippen LogP contribution in [-0.4, -0.2) is 58.8 Å². The van der Waals surface area contributed by atoms with Crippen molar-refractivity contribution in [3.8, 4) is 11.5 Å². The molecule has 1 N–H and O–H groups in total. The number of aryl methyl sites for hydroxylation is 1. The number of amides is 1. The zero-order valence-electron chi connectivity index (χ0n) is 20.0. The lowest BCUT2D eigenvalue weighted by molar-refractivity contribution is 0.0947. The Bertz CT molecular complexity index is 1230. The van der Waals surface area contributed by atoms with Gasteiger partial charge in [-0.1, -0.05) is 6.07 Å². The molecule has 0 fully saturated rings. The van der Waals surface area contributed by atoms with Crippen LogP contribution in [0.1, 0.15) is 28.0 Å². The molecule has 1 aromatic carbocycles. The number of halogens is 1. The van der Waals surface area contributed by atoms with Gasteiger partial charge in [0.05, 0.1) is 20.5 Å². The average molecular weight is 484 g/mol. The molecule has 0 spiro atoms. The minimum absolute atomic E-state index is 0.217. The standard InChI is InChI=1S/C25H30FN5O4/c1-34-19-5-4-18(20(26)14-19)16-29-10-6-21-24(22(35-2)15-23(32)31(21)13-12-29)25(33)28-7-3-9-30-11-8-27-17-30/h4-5,8,11,14-15,17H,3,6-7,9-10,12-13,16H2,1-2H3,(H,28,33). The quantitative estimate of drug-likeness (QED) is 0.469. The van der Waals surface area contributed by atoms with E-state index in [9.17, 15) is 14.0 Å². The number of hydrogen-bond donors (Lipinski definition) is 1. The van der Waals surface area contributed by atoms with Crippen molar-refractivity contribution in [2.75, 3.05) is 33.9 Å². The van der Waals surface area contributed by atoms with Crippen LogP contribution < -0.4 is 20.3 Å². The number of benzene rings is 1. The fraction of sp³-hybridized carbons (Fsp3) is 0.400. The Balaban J connectivity index is 1.48. The molecule has 0 atom stereocenters. The zero-order valence-corrected chi connectivity index (χ0v) is 20.0. The Morgan fingerprint density at radius 2 is 2.03 bits per heavy atom. The molecule has 1 aliphatic rings. The van der Waals surface area contributed by atoms with E-state index in [-0.39, 0.29) is 23.0 Å². The van der Waals surface area contributed by atoms with Gasteiger partial charge in [0.25, 0.3) is 11.5 Å². The monoisotopic (exact) mass is 483 g/mol. The number of rotatable bonds is 9. The molecule has 0 unspecified atom stereocenters. The number of hydrogen-bond acceptors (Lipinski definition) is 6. The third-order valence-electron chi connectivity index (χ3n) is 6.23. The normalized spacial score (nSPS) is 13.7. The van der Waals surface area contributed by atoms with Crippen LogP contribution in [-0.2, 0) is 26.1 Å². The molecule has 9 nitrogen and oxygen atoms in total. The molecular weight excluding hydrogens is 453 g/mol. The van der Waals surface area contributed by atoms with Crippen molar-refractivity contribution in [1.82, 2.24) is 24.3 Å². The molecule has 3 heterocycles. The number of fused-ring (bicyclic) bond motifs is 1. The fourth-order valence-corrected chi connectivity index (χ4v) is 4.35. The van der Waals surface area contributed by atoms with Gasteiger partial charge in [-0.05, 0) is 12.5 Å². The number of nitrogens with one attached hydrogen (secondary N) is 1. The number of aromatic nitrogens is 3. The summed E-state index contributed by atoms with van der Waals surface area (Å²) in [5.41, 5.74) is 1.36. The average Bonchev–Trinajstić information content (AvgIpc) is 3.29. The van der Waals surface area contributed by atoms with Crippen LogP contribution in [0, 0.1) is 5.82 Å². The highest BCUT2D eigenvalue weighted by Crippen LogP contribution is 2.24. The Kier molecular flexibility index (Phi) is 7.81. The predicted molar refractivity (Wildman–Crippen MR) is 128 cm³/mol. The maximum Gasteiger partial charge on any atom is 0.256 e. The summed E-state index contributed by atoms with van der Waals surface area (Å²) in [6, 6.07) is 6.18. The molecule has 0 saturated heterocycles.